The highest BCUT2D eigenvalue weighted by atomic mass is 127. The van der Waals surface area contributed by atoms with E-state index in [0.717, 1.165) is 16.4 Å². The molecule has 1 N–H and O–H groups in total. The van der Waals surface area contributed by atoms with E-state index in [9.17, 15) is 4.79 Å². The summed E-state index contributed by atoms with van der Waals surface area (Å²) in [7, 11) is 0. The quantitative estimate of drug-likeness (QED) is 0.814. The van der Waals surface area contributed by atoms with E-state index in [1.54, 1.807) is 11.3 Å². The molecule has 6 heteroatoms. The van der Waals surface area contributed by atoms with Crippen LogP contribution in [0, 0.1) is 17.4 Å². The van der Waals surface area contributed by atoms with Gasteiger partial charge in [0.15, 0.2) is 5.82 Å². The van der Waals surface area contributed by atoms with Gasteiger partial charge in [-0.15, -0.1) is 11.3 Å². The Bertz CT molecular complexity index is 561. The summed E-state index contributed by atoms with van der Waals surface area (Å²) in [5, 5.41) is 2.85. The molecule has 0 aromatic carbocycles. The van der Waals surface area contributed by atoms with E-state index in [1.807, 2.05) is 41.8 Å². The van der Waals surface area contributed by atoms with Crippen LogP contribution in [0.5, 0.6) is 0 Å². The molecule has 2 aromatic rings. The first-order valence-corrected chi connectivity index (χ1v) is 6.22. The van der Waals surface area contributed by atoms with Crippen molar-refractivity contribution in [1.82, 2.24) is 15.0 Å². The molecular formula is C9H8IN3OS. The molecule has 2 heterocycles. The Morgan fingerprint density at radius 3 is 2.67 bits per heavy atom. The van der Waals surface area contributed by atoms with Gasteiger partial charge in [0.1, 0.15) is 5.69 Å². The van der Waals surface area contributed by atoms with Crippen LogP contribution in [0.15, 0.2) is 10.2 Å². The summed E-state index contributed by atoms with van der Waals surface area (Å²) in [6, 6.07) is 0. The number of H-pyrrole nitrogens is 1. The number of rotatable bonds is 1. The fraction of sp³-hybridized carbons (Fsp3) is 0.222. The first kappa shape index (κ1) is 10.7. The summed E-state index contributed by atoms with van der Waals surface area (Å²) >= 11 is 3.53. The molecule has 2 rings (SSSR count). The topological polar surface area (TPSA) is 58.6 Å². The standard InChI is InChI=1S/C9H8IN3OS/c1-4-7(10)9(14)13-8(11-4)6-3-15-5(2)12-6/h3H,1-2H3,(H,11,13,14). The number of halogens is 1. The van der Waals surface area contributed by atoms with Crippen molar-refractivity contribution in [2.45, 2.75) is 13.8 Å². The Labute approximate surface area is 104 Å². The van der Waals surface area contributed by atoms with Gasteiger partial charge in [0.25, 0.3) is 5.56 Å². The molecule has 0 unspecified atom stereocenters. The normalized spacial score (nSPS) is 10.6. The smallest absolute Gasteiger partial charge is 0.264 e. The molecule has 0 bridgehead atoms. The minimum atomic E-state index is -0.108. The third-order valence-electron chi connectivity index (χ3n) is 1.89. The highest BCUT2D eigenvalue weighted by Crippen LogP contribution is 2.17. The maximum absolute atomic E-state index is 11.5. The van der Waals surface area contributed by atoms with E-state index in [0.29, 0.717) is 9.39 Å². The van der Waals surface area contributed by atoms with Crippen LogP contribution in [0.25, 0.3) is 11.5 Å². The van der Waals surface area contributed by atoms with Crippen LogP contribution in [-0.2, 0) is 0 Å². The van der Waals surface area contributed by atoms with Gasteiger partial charge in [0, 0.05) is 5.38 Å². The summed E-state index contributed by atoms with van der Waals surface area (Å²) in [4.78, 5) is 22.8. The molecule has 0 amide bonds. The van der Waals surface area contributed by atoms with Crippen molar-refractivity contribution in [3.05, 3.63) is 30.0 Å². The summed E-state index contributed by atoms with van der Waals surface area (Å²) in [6.07, 6.45) is 0. The van der Waals surface area contributed by atoms with E-state index in [1.165, 1.54) is 0 Å². The summed E-state index contributed by atoms with van der Waals surface area (Å²) in [6.45, 7) is 3.74. The second-order valence-corrected chi connectivity index (χ2v) is 5.21. The highest BCUT2D eigenvalue weighted by Gasteiger charge is 2.08. The molecule has 0 fully saturated rings. The van der Waals surface area contributed by atoms with E-state index in [2.05, 4.69) is 15.0 Å². The van der Waals surface area contributed by atoms with E-state index < -0.39 is 0 Å². The minimum absolute atomic E-state index is 0.108. The Kier molecular flexibility index (Phi) is 2.87. The zero-order valence-electron chi connectivity index (χ0n) is 8.17. The van der Waals surface area contributed by atoms with Gasteiger partial charge in [0.2, 0.25) is 0 Å². The third kappa shape index (κ3) is 2.10. The maximum Gasteiger partial charge on any atom is 0.264 e. The van der Waals surface area contributed by atoms with Crippen molar-refractivity contribution >= 4 is 33.9 Å². The van der Waals surface area contributed by atoms with Gasteiger partial charge in [-0.05, 0) is 36.4 Å². The summed E-state index contributed by atoms with van der Waals surface area (Å²) in [5.41, 5.74) is 1.36. The van der Waals surface area contributed by atoms with Gasteiger partial charge >= 0.3 is 0 Å². The monoisotopic (exact) mass is 333 g/mol. The molecule has 0 radical (unpaired) electrons. The first-order chi connectivity index (χ1) is 7.08. The molecule has 0 aliphatic heterocycles. The molecule has 2 aromatic heterocycles. The Balaban J connectivity index is 2.60. The molecule has 0 saturated carbocycles. The van der Waals surface area contributed by atoms with Crippen LogP contribution < -0.4 is 5.56 Å². The molecule has 78 valence electrons. The zero-order valence-corrected chi connectivity index (χ0v) is 11.1. The SMILES string of the molecule is Cc1nc(-c2nc(C)c(I)c(=O)[nH]2)cs1. The van der Waals surface area contributed by atoms with Crippen LogP contribution in [0.2, 0.25) is 0 Å². The maximum atomic E-state index is 11.5. The van der Waals surface area contributed by atoms with Crippen molar-refractivity contribution in [3.8, 4) is 11.5 Å². The van der Waals surface area contributed by atoms with Gasteiger partial charge in [-0.1, -0.05) is 0 Å². The molecule has 0 aliphatic carbocycles. The summed E-state index contributed by atoms with van der Waals surface area (Å²) in [5.74, 6) is 0.544. The highest BCUT2D eigenvalue weighted by molar-refractivity contribution is 14.1. The van der Waals surface area contributed by atoms with Crippen LogP contribution in [0.4, 0.5) is 0 Å². The van der Waals surface area contributed by atoms with Gasteiger partial charge in [-0.3, -0.25) is 4.79 Å². The van der Waals surface area contributed by atoms with Gasteiger partial charge in [-0.2, -0.15) is 0 Å². The van der Waals surface area contributed by atoms with Crippen molar-refractivity contribution in [1.29, 1.82) is 0 Å². The first-order valence-electron chi connectivity index (χ1n) is 4.27. The van der Waals surface area contributed by atoms with Crippen molar-refractivity contribution < 1.29 is 0 Å². The van der Waals surface area contributed by atoms with Crippen molar-refractivity contribution in [2.24, 2.45) is 0 Å². The predicted octanol–water partition coefficient (Wildman–Crippen LogP) is 2.11. The van der Waals surface area contributed by atoms with E-state index in [-0.39, 0.29) is 5.56 Å². The molecule has 15 heavy (non-hydrogen) atoms. The molecule has 0 spiro atoms. The molecule has 4 nitrogen and oxygen atoms in total. The number of hydrogen-bond acceptors (Lipinski definition) is 4. The number of thiazole rings is 1. The minimum Gasteiger partial charge on any atom is -0.304 e. The van der Waals surface area contributed by atoms with E-state index in [4.69, 9.17) is 0 Å². The zero-order chi connectivity index (χ0) is 11.0. The average Bonchev–Trinajstić information content (AvgIpc) is 2.60. The lowest BCUT2D eigenvalue weighted by atomic mass is 10.4. The number of aryl methyl sites for hydroxylation is 2. The number of nitrogens with one attached hydrogen (secondary N) is 1. The van der Waals surface area contributed by atoms with E-state index >= 15 is 0 Å². The number of aromatic amines is 1. The third-order valence-corrected chi connectivity index (χ3v) is 3.93. The van der Waals surface area contributed by atoms with Gasteiger partial charge < -0.3 is 4.98 Å². The lowest BCUT2D eigenvalue weighted by molar-refractivity contribution is 1.04. The molecule has 0 atom stereocenters. The molecule has 0 aliphatic rings. The van der Waals surface area contributed by atoms with Crippen LogP contribution in [-0.4, -0.2) is 15.0 Å². The Hall–Kier alpha value is -0.760. The molecule has 0 saturated heterocycles. The lowest BCUT2D eigenvalue weighted by Gasteiger charge is -1.99. The number of nitrogens with zero attached hydrogens (tertiary/aromatic N) is 2. The average molecular weight is 333 g/mol. The fourth-order valence-electron chi connectivity index (χ4n) is 1.16. The van der Waals surface area contributed by atoms with Gasteiger partial charge in [0.05, 0.1) is 14.3 Å². The lowest BCUT2D eigenvalue weighted by Crippen LogP contribution is -2.14. The second kappa shape index (κ2) is 4.01. The van der Waals surface area contributed by atoms with Crippen molar-refractivity contribution in [2.75, 3.05) is 0 Å². The number of aromatic nitrogens is 3. The largest absolute Gasteiger partial charge is 0.304 e. The van der Waals surface area contributed by atoms with Crippen LogP contribution in [0.3, 0.4) is 0 Å². The van der Waals surface area contributed by atoms with Crippen LogP contribution in [0.1, 0.15) is 10.7 Å². The Morgan fingerprint density at radius 1 is 1.40 bits per heavy atom. The van der Waals surface area contributed by atoms with Crippen LogP contribution >= 0.6 is 33.9 Å². The second-order valence-electron chi connectivity index (χ2n) is 3.07. The van der Waals surface area contributed by atoms with Crippen molar-refractivity contribution in [3.63, 3.8) is 0 Å². The van der Waals surface area contributed by atoms with Gasteiger partial charge in [-0.25, -0.2) is 9.97 Å². The summed E-state index contributed by atoms with van der Waals surface area (Å²) < 4.78 is 0.628. The predicted molar refractivity (Wildman–Crippen MR) is 68.2 cm³/mol. The fourth-order valence-corrected chi connectivity index (χ4v) is 2.02. The molecular weight excluding hydrogens is 325 g/mol. The number of hydrogen-bond donors (Lipinski definition) is 1. The Morgan fingerprint density at radius 2 is 2.13 bits per heavy atom.